The number of ketones is 1. The Morgan fingerprint density at radius 2 is 1.74 bits per heavy atom. The van der Waals surface area contributed by atoms with Gasteiger partial charge in [0.05, 0.1) is 38.0 Å². The van der Waals surface area contributed by atoms with E-state index < -0.39 is 17.7 Å². The minimum absolute atomic E-state index is 0.106. The number of aliphatic hydroxyl groups excluding tert-OH is 1. The number of aliphatic hydroxyl groups is 1. The van der Waals surface area contributed by atoms with Crippen LogP contribution in [0.4, 0.5) is 0 Å². The zero-order valence-electron chi connectivity index (χ0n) is 23.3. The third-order valence-electron chi connectivity index (χ3n) is 7.23. The Labute approximate surface area is 231 Å². The molecule has 2 fully saturated rings. The number of unbranched alkanes of at least 4 members (excludes halogenated alkanes) is 1. The summed E-state index contributed by atoms with van der Waals surface area (Å²) in [6, 6.07) is 12.1. The second kappa shape index (κ2) is 13.6. The third-order valence-corrected chi connectivity index (χ3v) is 7.23. The van der Waals surface area contributed by atoms with Gasteiger partial charge in [0.2, 0.25) is 0 Å². The molecule has 0 spiro atoms. The number of carbonyl (C=O) groups excluding carboxylic acids is 2. The number of rotatable bonds is 12. The smallest absolute Gasteiger partial charge is 0.295 e. The summed E-state index contributed by atoms with van der Waals surface area (Å²) >= 11 is 0. The van der Waals surface area contributed by atoms with Gasteiger partial charge in [0.1, 0.15) is 17.3 Å². The van der Waals surface area contributed by atoms with E-state index in [-0.39, 0.29) is 11.3 Å². The Morgan fingerprint density at radius 1 is 1.00 bits per heavy atom. The fourth-order valence-electron chi connectivity index (χ4n) is 5.10. The highest BCUT2D eigenvalue weighted by Crippen LogP contribution is 2.40. The lowest BCUT2D eigenvalue weighted by molar-refractivity contribution is -0.140. The van der Waals surface area contributed by atoms with Crippen molar-refractivity contribution >= 4 is 17.4 Å². The normalized spacial score (nSPS) is 19.5. The van der Waals surface area contributed by atoms with Crippen molar-refractivity contribution in [1.29, 1.82) is 0 Å². The molecule has 8 nitrogen and oxygen atoms in total. The summed E-state index contributed by atoms with van der Waals surface area (Å²) in [5.74, 6) is 0.0167. The van der Waals surface area contributed by atoms with E-state index >= 15 is 0 Å². The van der Waals surface area contributed by atoms with Gasteiger partial charge in [-0.25, -0.2) is 0 Å². The van der Waals surface area contributed by atoms with Crippen molar-refractivity contribution in [2.24, 2.45) is 0 Å². The molecule has 1 atom stereocenters. The van der Waals surface area contributed by atoms with Crippen LogP contribution < -0.4 is 9.47 Å². The number of benzene rings is 2. The number of aryl methyl sites for hydroxylation is 1. The van der Waals surface area contributed by atoms with Crippen molar-refractivity contribution in [3.8, 4) is 11.5 Å². The number of Topliss-reactive ketones (excluding diaryl/α,β-unsaturated/α-hetero) is 1. The molecule has 2 aromatic rings. The van der Waals surface area contributed by atoms with Gasteiger partial charge >= 0.3 is 0 Å². The van der Waals surface area contributed by atoms with Crippen LogP contribution in [0, 0.1) is 6.92 Å². The second-order valence-electron chi connectivity index (χ2n) is 9.98. The third kappa shape index (κ3) is 6.81. The first-order valence-corrected chi connectivity index (χ1v) is 14.0. The van der Waals surface area contributed by atoms with E-state index in [0.717, 1.165) is 49.4 Å². The molecule has 2 heterocycles. The maximum Gasteiger partial charge on any atom is 0.295 e. The molecule has 1 N–H and O–H groups in total. The standard InChI is InChI=1S/C31H40N2O6/c1-4-6-18-39-25-11-8-23(9-12-25)28-27(29(34)24-10-13-26(38-5-2)22(3)21-24)30(35)31(36)33(28)15-7-14-32-16-19-37-20-17-32/h8-13,21,28,34H,4-7,14-20H2,1-3H3. The highest BCUT2D eigenvalue weighted by atomic mass is 16.5. The van der Waals surface area contributed by atoms with Crippen molar-refractivity contribution in [2.75, 3.05) is 52.6 Å². The van der Waals surface area contributed by atoms with Gasteiger partial charge in [-0.1, -0.05) is 25.5 Å². The molecule has 2 saturated heterocycles. The molecule has 0 radical (unpaired) electrons. The zero-order chi connectivity index (χ0) is 27.8. The van der Waals surface area contributed by atoms with Crippen LogP contribution in [0.15, 0.2) is 48.0 Å². The number of ether oxygens (including phenoxy) is 3. The first-order chi connectivity index (χ1) is 18.9. The predicted octanol–water partition coefficient (Wildman–Crippen LogP) is 4.72. The number of hydrogen-bond donors (Lipinski definition) is 1. The van der Waals surface area contributed by atoms with Gasteiger partial charge in [-0.15, -0.1) is 0 Å². The molecular formula is C31H40N2O6. The van der Waals surface area contributed by atoms with Gasteiger partial charge in [-0.05, 0) is 68.1 Å². The van der Waals surface area contributed by atoms with E-state index in [2.05, 4.69) is 11.8 Å². The lowest BCUT2D eigenvalue weighted by Crippen LogP contribution is -2.38. The van der Waals surface area contributed by atoms with E-state index in [1.807, 2.05) is 38.1 Å². The Bertz CT molecular complexity index is 1170. The summed E-state index contributed by atoms with van der Waals surface area (Å²) in [7, 11) is 0. The average Bonchev–Trinajstić information content (AvgIpc) is 3.20. The monoisotopic (exact) mass is 536 g/mol. The van der Waals surface area contributed by atoms with Crippen LogP contribution in [0.3, 0.4) is 0 Å². The Morgan fingerprint density at radius 3 is 2.41 bits per heavy atom. The van der Waals surface area contributed by atoms with Crippen LogP contribution in [0.25, 0.3) is 5.76 Å². The molecule has 2 aromatic carbocycles. The summed E-state index contributed by atoms with van der Waals surface area (Å²) in [6.07, 6.45) is 2.72. The van der Waals surface area contributed by atoms with E-state index in [1.54, 1.807) is 23.1 Å². The highest BCUT2D eigenvalue weighted by molar-refractivity contribution is 6.46. The minimum atomic E-state index is -0.689. The Hall–Kier alpha value is -3.36. The number of morpholine rings is 1. The fraction of sp³-hybridized carbons (Fsp3) is 0.484. The van der Waals surface area contributed by atoms with Crippen molar-refractivity contribution < 1.29 is 28.9 Å². The SMILES string of the molecule is CCCCOc1ccc(C2C(=C(O)c3ccc(OCC)c(C)c3)C(=O)C(=O)N2CCCN2CCOCC2)cc1. The van der Waals surface area contributed by atoms with E-state index in [1.165, 1.54) is 0 Å². The molecule has 0 bridgehead atoms. The maximum atomic E-state index is 13.4. The molecule has 0 aliphatic carbocycles. The number of hydrogen-bond acceptors (Lipinski definition) is 7. The van der Waals surface area contributed by atoms with Gasteiger partial charge in [-0.2, -0.15) is 0 Å². The Kier molecular flexibility index (Phi) is 10.0. The van der Waals surface area contributed by atoms with Crippen molar-refractivity contribution in [2.45, 2.75) is 46.1 Å². The number of likely N-dealkylation sites (tertiary alicyclic amines) is 1. The fourth-order valence-corrected chi connectivity index (χ4v) is 5.10. The predicted molar refractivity (Wildman–Crippen MR) is 150 cm³/mol. The lowest BCUT2D eigenvalue weighted by atomic mass is 9.94. The molecule has 0 saturated carbocycles. The molecule has 210 valence electrons. The lowest BCUT2D eigenvalue weighted by Gasteiger charge is -2.29. The molecule has 39 heavy (non-hydrogen) atoms. The largest absolute Gasteiger partial charge is 0.507 e. The first kappa shape index (κ1) is 28.6. The van der Waals surface area contributed by atoms with E-state index in [4.69, 9.17) is 14.2 Å². The van der Waals surface area contributed by atoms with Crippen LogP contribution in [-0.2, 0) is 14.3 Å². The van der Waals surface area contributed by atoms with Gasteiger partial charge in [0.25, 0.3) is 11.7 Å². The number of amides is 1. The van der Waals surface area contributed by atoms with Crippen LogP contribution in [-0.4, -0.2) is 79.2 Å². The van der Waals surface area contributed by atoms with Gasteiger partial charge in [0, 0.05) is 31.7 Å². The Balaban J connectivity index is 1.65. The number of carbonyl (C=O) groups is 2. The average molecular weight is 537 g/mol. The van der Waals surface area contributed by atoms with Gasteiger partial charge in [0.15, 0.2) is 0 Å². The van der Waals surface area contributed by atoms with Crippen LogP contribution in [0.5, 0.6) is 11.5 Å². The molecule has 1 unspecified atom stereocenters. The van der Waals surface area contributed by atoms with Crippen molar-refractivity contribution in [3.63, 3.8) is 0 Å². The summed E-state index contributed by atoms with van der Waals surface area (Å²) in [5.41, 5.74) is 2.18. The van der Waals surface area contributed by atoms with E-state index in [9.17, 15) is 14.7 Å². The summed E-state index contributed by atoms with van der Waals surface area (Å²) in [5, 5.41) is 11.4. The molecule has 8 heteroatoms. The number of nitrogens with zero attached hydrogens (tertiary/aromatic N) is 2. The molecule has 0 aromatic heterocycles. The summed E-state index contributed by atoms with van der Waals surface area (Å²) < 4.78 is 16.9. The molecule has 2 aliphatic rings. The first-order valence-electron chi connectivity index (χ1n) is 14.0. The quantitative estimate of drug-likeness (QED) is 0.182. The highest BCUT2D eigenvalue weighted by Gasteiger charge is 2.45. The molecule has 4 rings (SSSR count). The van der Waals surface area contributed by atoms with Crippen LogP contribution in [0.1, 0.15) is 55.8 Å². The molecular weight excluding hydrogens is 496 g/mol. The zero-order valence-corrected chi connectivity index (χ0v) is 23.3. The molecule has 2 aliphatic heterocycles. The van der Waals surface area contributed by atoms with E-state index in [0.29, 0.717) is 50.7 Å². The van der Waals surface area contributed by atoms with Crippen molar-refractivity contribution in [3.05, 3.63) is 64.7 Å². The topological polar surface area (TPSA) is 88.5 Å². The molecule has 1 amide bonds. The van der Waals surface area contributed by atoms with Gasteiger partial charge < -0.3 is 24.2 Å². The summed E-state index contributed by atoms with van der Waals surface area (Å²) in [6.45, 7) is 11.4. The second-order valence-corrected chi connectivity index (χ2v) is 9.98. The summed E-state index contributed by atoms with van der Waals surface area (Å²) in [4.78, 5) is 30.6. The van der Waals surface area contributed by atoms with Crippen LogP contribution >= 0.6 is 0 Å². The van der Waals surface area contributed by atoms with Crippen LogP contribution in [0.2, 0.25) is 0 Å². The van der Waals surface area contributed by atoms with Crippen molar-refractivity contribution in [1.82, 2.24) is 9.80 Å². The maximum absolute atomic E-state index is 13.4. The minimum Gasteiger partial charge on any atom is -0.507 e. The van der Waals surface area contributed by atoms with Gasteiger partial charge in [-0.3, -0.25) is 14.5 Å².